The minimum Gasteiger partial charge on any atom is -0.405 e. The molecule has 0 bridgehead atoms. The van der Waals surface area contributed by atoms with Gasteiger partial charge in [-0.15, -0.1) is 25.6 Å². The molecule has 142 valence electrons. The summed E-state index contributed by atoms with van der Waals surface area (Å²) in [7, 11) is 1.47. The molecule has 2 N–H and O–H groups in total. The van der Waals surface area contributed by atoms with Crippen LogP contribution in [0.2, 0.25) is 0 Å². The van der Waals surface area contributed by atoms with Crippen molar-refractivity contribution in [3.05, 3.63) is 29.3 Å². The molecule has 1 fully saturated rings. The largest absolute Gasteiger partial charge is 0.573 e. The third kappa shape index (κ3) is 6.72. The van der Waals surface area contributed by atoms with Crippen molar-refractivity contribution in [3.8, 4) is 5.75 Å². The van der Waals surface area contributed by atoms with Crippen LogP contribution in [0.3, 0.4) is 0 Å². The Morgan fingerprint density at radius 2 is 2.00 bits per heavy atom. The SMILES string of the molecule is COCCNC(=O)c1cc(C2CCNCC2)ccc1OC(F)(F)F.Cl. The lowest BCUT2D eigenvalue weighted by Crippen LogP contribution is -2.29. The van der Waals surface area contributed by atoms with Crippen molar-refractivity contribution in [3.63, 3.8) is 0 Å². The molecular weight excluding hydrogens is 361 g/mol. The summed E-state index contributed by atoms with van der Waals surface area (Å²) < 4.78 is 46.5. The average Bonchev–Trinajstić information content (AvgIpc) is 2.54. The van der Waals surface area contributed by atoms with E-state index in [0.29, 0.717) is 0 Å². The molecule has 0 saturated carbocycles. The fourth-order valence-corrected chi connectivity index (χ4v) is 2.71. The van der Waals surface area contributed by atoms with Crippen molar-refractivity contribution in [2.75, 3.05) is 33.4 Å². The molecule has 2 rings (SSSR count). The van der Waals surface area contributed by atoms with Crippen molar-refractivity contribution in [2.45, 2.75) is 25.1 Å². The second kappa shape index (κ2) is 9.84. The number of alkyl halides is 3. The van der Waals surface area contributed by atoms with Crippen molar-refractivity contribution in [1.29, 1.82) is 0 Å². The highest BCUT2D eigenvalue weighted by Gasteiger charge is 2.33. The van der Waals surface area contributed by atoms with Crippen LogP contribution in [0.1, 0.15) is 34.7 Å². The number of ether oxygens (including phenoxy) is 2. The lowest BCUT2D eigenvalue weighted by atomic mass is 9.89. The van der Waals surface area contributed by atoms with Crippen molar-refractivity contribution >= 4 is 18.3 Å². The van der Waals surface area contributed by atoms with Crippen LogP contribution >= 0.6 is 12.4 Å². The fraction of sp³-hybridized carbons (Fsp3) is 0.562. The van der Waals surface area contributed by atoms with Gasteiger partial charge in [-0.05, 0) is 49.5 Å². The molecule has 5 nitrogen and oxygen atoms in total. The van der Waals surface area contributed by atoms with E-state index in [9.17, 15) is 18.0 Å². The Morgan fingerprint density at radius 1 is 1.32 bits per heavy atom. The second-order valence-corrected chi connectivity index (χ2v) is 5.58. The number of carbonyl (C=O) groups is 1. The van der Waals surface area contributed by atoms with Crippen LogP contribution in [0.4, 0.5) is 13.2 Å². The third-order valence-corrected chi connectivity index (χ3v) is 3.88. The van der Waals surface area contributed by atoms with Gasteiger partial charge in [-0.1, -0.05) is 6.07 Å². The van der Waals surface area contributed by atoms with E-state index in [0.717, 1.165) is 31.5 Å². The Balaban J connectivity index is 0.00000312. The molecule has 9 heteroatoms. The van der Waals surface area contributed by atoms with Crippen LogP contribution in [-0.4, -0.2) is 45.6 Å². The Hall–Kier alpha value is -1.51. The number of halogens is 4. The molecule has 1 heterocycles. The maximum Gasteiger partial charge on any atom is 0.573 e. The molecular formula is C16H22ClF3N2O3. The summed E-state index contributed by atoms with van der Waals surface area (Å²) in [6.07, 6.45) is -3.09. The first kappa shape index (κ1) is 21.5. The molecule has 0 aromatic heterocycles. The van der Waals surface area contributed by atoms with Crippen LogP contribution in [0, 0.1) is 0 Å². The number of methoxy groups -OCH3 is 1. The van der Waals surface area contributed by atoms with E-state index in [-0.39, 0.29) is 37.0 Å². The monoisotopic (exact) mass is 382 g/mol. The summed E-state index contributed by atoms with van der Waals surface area (Å²) >= 11 is 0. The minimum absolute atomic E-state index is 0. The van der Waals surface area contributed by atoms with Gasteiger partial charge in [-0.2, -0.15) is 0 Å². The topological polar surface area (TPSA) is 59.6 Å². The molecule has 1 aliphatic rings. The summed E-state index contributed by atoms with van der Waals surface area (Å²) in [6.45, 7) is 2.18. The highest BCUT2D eigenvalue weighted by atomic mass is 35.5. The van der Waals surface area contributed by atoms with Crippen molar-refractivity contribution in [1.82, 2.24) is 10.6 Å². The highest BCUT2D eigenvalue weighted by molar-refractivity contribution is 5.97. The Labute approximate surface area is 150 Å². The quantitative estimate of drug-likeness (QED) is 0.743. The first-order valence-electron chi connectivity index (χ1n) is 7.78. The number of amides is 1. The molecule has 1 saturated heterocycles. The maximum atomic E-state index is 12.6. The molecule has 0 radical (unpaired) electrons. The van der Waals surface area contributed by atoms with Crippen LogP contribution < -0.4 is 15.4 Å². The first-order chi connectivity index (χ1) is 11.4. The summed E-state index contributed by atoms with van der Waals surface area (Å²) in [4.78, 5) is 12.2. The van der Waals surface area contributed by atoms with E-state index < -0.39 is 18.0 Å². The highest BCUT2D eigenvalue weighted by Crippen LogP contribution is 2.32. The van der Waals surface area contributed by atoms with E-state index >= 15 is 0 Å². The van der Waals surface area contributed by atoms with Crippen molar-refractivity contribution < 1.29 is 27.4 Å². The maximum absolute atomic E-state index is 12.6. The van der Waals surface area contributed by atoms with Gasteiger partial charge in [-0.25, -0.2) is 0 Å². The summed E-state index contributed by atoms with van der Waals surface area (Å²) in [5.41, 5.74) is 0.738. The molecule has 0 atom stereocenters. The number of rotatable bonds is 6. The lowest BCUT2D eigenvalue weighted by Gasteiger charge is -2.24. The summed E-state index contributed by atoms with van der Waals surface area (Å²) in [5, 5.41) is 5.76. The third-order valence-electron chi connectivity index (χ3n) is 3.88. The second-order valence-electron chi connectivity index (χ2n) is 5.58. The normalized spacial score (nSPS) is 15.4. The summed E-state index contributed by atoms with van der Waals surface area (Å²) in [6, 6.07) is 4.32. The minimum atomic E-state index is -4.85. The number of piperidine rings is 1. The Bertz CT molecular complexity index is 564. The van der Waals surface area contributed by atoms with Gasteiger partial charge < -0.3 is 20.1 Å². The number of hydrogen-bond donors (Lipinski definition) is 2. The Morgan fingerprint density at radius 3 is 2.60 bits per heavy atom. The first-order valence-corrected chi connectivity index (χ1v) is 7.78. The van der Waals surface area contributed by atoms with Gasteiger partial charge in [0.25, 0.3) is 5.91 Å². The van der Waals surface area contributed by atoms with Crippen LogP contribution in [0.5, 0.6) is 5.75 Å². The predicted octanol–water partition coefficient (Wildman–Crippen LogP) is 2.85. The number of hydrogen-bond acceptors (Lipinski definition) is 4. The van der Waals surface area contributed by atoms with Gasteiger partial charge in [0.2, 0.25) is 0 Å². The standard InChI is InChI=1S/C16H21F3N2O3.ClH/c1-23-9-8-21-15(22)13-10-12(11-4-6-20-7-5-11)2-3-14(13)24-16(17,18)19;/h2-3,10-11,20H,4-9H2,1H3,(H,21,22);1H. The fourth-order valence-electron chi connectivity index (χ4n) is 2.71. The molecule has 25 heavy (non-hydrogen) atoms. The van der Waals surface area contributed by atoms with E-state index in [1.165, 1.54) is 19.2 Å². The number of nitrogens with one attached hydrogen (secondary N) is 2. The smallest absolute Gasteiger partial charge is 0.405 e. The summed E-state index contributed by atoms with van der Waals surface area (Å²) in [5.74, 6) is -0.881. The lowest BCUT2D eigenvalue weighted by molar-refractivity contribution is -0.274. The van der Waals surface area contributed by atoms with Gasteiger partial charge in [0.15, 0.2) is 0 Å². The number of benzene rings is 1. The molecule has 1 amide bonds. The van der Waals surface area contributed by atoms with Crippen molar-refractivity contribution in [2.24, 2.45) is 0 Å². The van der Waals surface area contributed by atoms with Gasteiger partial charge in [0.05, 0.1) is 12.2 Å². The van der Waals surface area contributed by atoms with Crippen LogP contribution in [-0.2, 0) is 4.74 Å². The molecule has 1 aromatic rings. The zero-order chi connectivity index (χ0) is 17.6. The molecule has 0 spiro atoms. The van der Waals surface area contributed by atoms with Gasteiger partial charge in [0.1, 0.15) is 5.75 Å². The van der Waals surface area contributed by atoms with Gasteiger partial charge in [-0.3, -0.25) is 4.79 Å². The molecule has 1 aliphatic heterocycles. The zero-order valence-electron chi connectivity index (χ0n) is 13.8. The Kier molecular flexibility index (Phi) is 8.47. The molecule has 0 aliphatic carbocycles. The van der Waals surface area contributed by atoms with Gasteiger partial charge in [0, 0.05) is 13.7 Å². The van der Waals surface area contributed by atoms with E-state index in [1.54, 1.807) is 6.07 Å². The van der Waals surface area contributed by atoms with E-state index in [2.05, 4.69) is 15.4 Å². The van der Waals surface area contributed by atoms with E-state index in [4.69, 9.17) is 4.74 Å². The predicted molar refractivity (Wildman–Crippen MR) is 89.4 cm³/mol. The zero-order valence-corrected chi connectivity index (χ0v) is 14.6. The molecule has 0 unspecified atom stereocenters. The molecule has 1 aromatic carbocycles. The van der Waals surface area contributed by atoms with Gasteiger partial charge >= 0.3 is 6.36 Å². The number of carbonyl (C=O) groups excluding carboxylic acids is 1. The van der Waals surface area contributed by atoms with Crippen LogP contribution in [0.25, 0.3) is 0 Å². The van der Waals surface area contributed by atoms with Crippen LogP contribution in [0.15, 0.2) is 18.2 Å². The average molecular weight is 383 g/mol. The van der Waals surface area contributed by atoms with E-state index in [1.807, 2.05) is 0 Å².